The summed E-state index contributed by atoms with van der Waals surface area (Å²) >= 11 is 0. The van der Waals surface area contributed by atoms with E-state index in [1.54, 1.807) is 0 Å². The van der Waals surface area contributed by atoms with E-state index in [0.717, 1.165) is 22.6 Å². The van der Waals surface area contributed by atoms with Gasteiger partial charge in [0.15, 0.2) is 0 Å². The Morgan fingerprint density at radius 1 is 1.05 bits per heavy atom. The molecule has 2 aromatic heterocycles. The molecule has 0 aliphatic heterocycles. The van der Waals surface area contributed by atoms with Gasteiger partial charge in [0, 0.05) is 26.2 Å². The molecular weight excluding hydrogens is 274 g/mol. The van der Waals surface area contributed by atoms with E-state index < -0.39 is 0 Å². The van der Waals surface area contributed by atoms with Crippen molar-refractivity contribution < 1.29 is 0 Å². The zero-order chi connectivity index (χ0) is 15.9. The third-order valence-corrected chi connectivity index (χ3v) is 4.06. The molecule has 0 aliphatic rings. The highest BCUT2D eigenvalue weighted by Gasteiger charge is 2.19. The summed E-state index contributed by atoms with van der Waals surface area (Å²) in [7, 11) is 4.01. The minimum absolute atomic E-state index is 0.554. The lowest BCUT2D eigenvalue weighted by atomic mass is 9.95. The largest absolute Gasteiger partial charge is 0.332 e. The fraction of sp³-hybridized carbons (Fsp3) is 0.294. The van der Waals surface area contributed by atoms with E-state index >= 15 is 0 Å². The number of aryl methyl sites for hydroxylation is 4. The number of hydrogen-bond donors (Lipinski definition) is 1. The summed E-state index contributed by atoms with van der Waals surface area (Å²) < 4.78 is 4.06. The van der Waals surface area contributed by atoms with Gasteiger partial charge in [0.1, 0.15) is 0 Å². The van der Waals surface area contributed by atoms with Crippen LogP contribution in [-0.4, -0.2) is 19.1 Å². The van der Waals surface area contributed by atoms with Crippen molar-refractivity contribution in [1.29, 1.82) is 0 Å². The molecule has 0 amide bonds. The molecule has 2 heterocycles. The van der Waals surface area contributed by atoms with Crippen LogP contribution in [-0.2, 0) is 20.6 Å². The molecule has 0 aliphatic carbocycles. The van der Waals surface area contributed by atoms with E-state index in [1.165, 1.54) is 16.7 Å². The van der Waals surface area contributed by atoms with Gasteiger partial charge in [0.2, 0.25) is 0 Å². The molecule has 114 valence electrons. The zero-order valence-electron chi connectivity index (χ0n) is 13.5. The van der Waals surface area contributed by atoms with Gasteiger partial charge in [-0.1, -0.05) is 12.1 Å². The summed E-state index contributed by atoms with van der Waals surface area (Å²) in [5.74, 6) is 0. The third kappa shape index (κ3) is 2.23. The Labute approximate surface area is 130 Å². The fourth-order valence-corrected chi connectivity index (χ4v) is 3.05. The first-order chi connectivity index (χ1) is 10.5. The van der Waals surface area contributed by atoms with Gasteiger partial charge >= 0.3 is 0 Å². The third-order valence-electron chi connectivity index (χ3n) is 4.06. The molecule has 5 heteroatoms. The lowest BCUT2D eigenvalue weighted by Crippen LogP contribution is -2.01. The summed E-state index contributed by atoms with van der Waals surface area (Å²) in [5.41, 5.74) is 13.6. The maximum atomic E-state index is 5.78. The van der Waals surface area contributed by atoms with Gasteiger partial charge in [0.05, 0.1) is 35.9 Å². The van der Waals surface area contributed by atoms with Crippen LogP contribution < -0.4 is 5.73 Å². The molecule has 0 fully saturated rings. The van der Waals surface area contributed by atoms with Crippen molar-refractivity contribution in [2.24, 2.45) is 19.8 Å². The van der Waals surface area contributed by atoms with Crippen LogP contribution in [0.5, 0.6) is 0 Å². The van der Waals surface area contributed by atoms with E-state index in [1.807, 2.05) is 42.1 Å². The molecule has 5 nitrogen and oxygen atoms in total. The van der Waals surface area contributed by atoms with Gasteiger partial charge in [0.25, 0.3) is 0 Å². The van der Waals surface area contributed by atoms with Crippen molar-refractivity contribution in [3.63, 3.8) is 0 Å². The minimum atomic E-state index is 0.554. The summed E-state index contributed by atoms with van der Waals surface area (Å²) in [6.07, 6.45) is 5.54. The summed E-state index contributed by atoms with van der Waals surface area (Å²) in [6.45, 7) is 4.78. The molecule has 0 spiro atoms. The van der Waals surface area contributed by atoms with Gasteiger partial charge in [-0.05, 0) is 30.5 Å². The highest BCUT2D eigenvalue weighted by molar-refractivity contribution is 5.80. The highest BCUT2D eigenvalue weighted by atomic mass is 15.1. The number of benzene rings is 1. The van der Waals surface area contributed by atoms with Crippen molar-refractivity contribution in [1.82, 2.24) is 19.1 Å². The molecule has 0 bridgehead atoms. The number of nitrogens with zero attached hydrogens (tertiary/aromatic N) is 4. The molecule has 0 saturated heterocycles. The van der Waals surface area contributed by atoms with Crippen LogP contribution in [0, 0.1) is 13.8 Å². The maximum absolute atomic E-state index is 5.78. The molecule has 0 unspecified atom stereocenters. The van der Waals surface area contributed by atoms with Gasteiger partial charge in [-0.3, -0.25) is 0 Å². The lowest BCUT2D eigenvalue weighted by molar-refractivity contribution is 0.876. The van der Waals surface area contributed by atoms with Gasteiger partial charge < -0.3 is 14.9 Å². The topological polar surface area (TPSA) is 61.7 Å². The van der Waals surface area contributed by atoms with E-state index in [-0.39, 0.29) is 0 Å². The normalized spacial score (nSPS) is 11.1. The molecule has 0 saturated carbocycles. The molecule has 0 atom stereocenters. The zero-order valence-corrected chi connectivity index (χ0v) is 13.5. The van der Waals surface area contributed by atoms with Gasteiger partial charge in [-0.2, -0.15) is 0 Å². The monoisotopic (exact) mass is 295 g/mol. The first-order valence-electron chi connectivity index (χ1n) is 7.31. The first-order valence-corrected chi connectivity index (χ1v) is 7.31. The fourth-order valence-electron chi connectivity index (χ4n) is 3.05. The van der Waals surface area contributed by atoms with Crippen LogP contribution in [0.2, 0.25) is 0 Å². The Bertz CT molecular complexity index is 802. The molecule has 3 aromatic rings. The average molecular weight is 295 g/mol. The van der Waals surface area contributed by atoms with Crippen LogP contribution in [0.15, 0.2) is 31.0 Å². The highest BCUT2D eigenvalue weighted by Crippen LogP contribution is 2.34. The number of rotatable bonds is 3. The van der Waals surface area contributed by atoms with E-state index in [0.29, 0.717) is 6.54 Å². The predicted octanol–water partition coefficient (Wildman–Crippen LogP) is 2.56. The summed E-state index contributed by atoms with van der Waals surface area (Å²) in [4.78, 5) is 8.88. The number of hydrogen-bond acceptors (Lipinski definition) is 3. The average Bonchev–Trinajstić information content (AvgIpc) is 3.04. The first kappa shape index (κ1) is 14.5. The van der Waals surface area contributed by atoms with Gasteiger partial charge in [-0.25, -0.2) is 9.97 Å². The second-order valence-electron chi connectivity index (χ2n) is 5.75. The molecule has 2 N–H and O–H groups in total. The second-order valence-corrected chi connectivity index (χ2v) is 5.75. The van der Waals surface area contributed by atoms with E-state index in [9.17, 15) is 0 Å². The molecular formula is C17H21N5. The Hall–Kier alpha value is -2.40. The van der Waals surface area contributed by atoms with Crippen LogP contribution in [0.3, 0.4) is 0 Å². The van der Waals surface area contributed by atoms with Crippen molar-refractivity contribution in [3.8, 4) is 22.6 Å². The van der Waals surface area contributed by atoms with Crippen molar-refractivity contribution in [2.75, 3.05) is 0 Å². The molecule has 0 radical (unpaired) electrons. The van der Waals surface area contributed by atoms with Crippen LogP contribution >= 0.6 is 0 Å². The molecule has 1 aromatic carbocycles. The maximum Gasteiger partial charge on any atom is 0.0984 e. The molecule has 3 rings (SSSR count). The summed E-state index contributed by atoms with van der Waals surface area (Å²) in [6, 6.07) is 4.29. The summed E-state index contributed by atoms with van der Waals surface area (Å²) in [5, 5.41) is 0. The van der Waals surface area contributed by atoms with Crippen molar-refractivity contribution in [2.45, 2.75) is 20.4 Å². The van der Waals surface area contributed by atoms with Gasteiger partial charge in [-0.15, -0.1) is 0 Å². The smallest absolute Gasteiger partial charge is 0.0984 e. The van der Waals surface area contributed by atoms with Crippen LogP contribution in [0.4, 0.5) is 0 Å². The van der Waals surface area contributed by atoms with Crippen molar-refractivity contribution in [3.05, 3.63) is 47.7 Å². The lowest BCUT2D eigenvalue weighted by Gasteiger charge is -2.13. The second kappa shape index (κ2) is 5.42. The Morgan fingerprint density at radius 3 is 2.27 bits per heavy atom. The number of nitrogens with two attached hydrogens (primary N) is 1. The van der Waals surface area contributed by atoms with Crippen LogP contribution in [0.1, 0.15) is 16.7 Å². The predicted molar refractivity (Wildman–Crippen MR) is 88.2 cm³/mol. The SMILES string of the molecule is Cc1cc(CN)cc(C)c1-c1ncn(C)c1-c1cncn1C. The number of imidazole rings is 2. The van der Waals surface area contributed by atoms with Crippen molar-refractivity contribution >= 4 is 0 Å². The Balaban J connectivity index is 2.25. The standard InChI is InChI=1S/C17H21N5/c1-11-5-13(7-18)6-12(2)15(11)16-17(22(4)10-20-16)14-8-19-9-21(14)3/h5-6,8-10H,7,18H2,1-4H3. The Morgan fingerprint density at radius 2 is 1.73 bits per heavy atom. The quantitative estimate of drug-likeness (QED) is 0.808. The van der Waals surface area contributed by atoms with E-state index in [4.69, 9.17) is 5.73 Å². The van der Waals surface area contributed by atoms with Crippen LogP contribution in [0.25, 0.3) is 22.6 Å². The number of aromatic nitrogens is 4. The Kier molecular flexibility index (Phi) is 3.58. The minimum Gasteiger partial charge on any atom is -0.332 e. The molecule has 22 heavy (non-hydrogen) atoms. The van der Waals surface area contributed by atoms with E-state index in [2.05, 4.69) is 35.9 Å².